The van der Waals surface area contributed by atoms with Gasteiger partial charge in [0.2, 0.25) is 0 Å². The van der Waals surface area contributed by atoms with Crippen LogP contribution in [0.2, 0.25) is 10.0 Å². The van der Waals surface area contributed by atoms with Crippen molar-refractivity contribution >= 4 is 67.1 Å². The van der Waals surface area contributed by atoms with Crippen molar-refractivity contribution in [2.24, 2.45) is 10.2 Å². The minimum absolute atomic E-state index is 0. The number of nitrogens with one attached hydrogen (secondary N) is 1. The second-order valence-corrected chi connectivity index (χ2v) is 10.2. The van der Waals surface area contributed by atoms with Crippen LogP contribution in [0.25, 0.3) is 10.8 Å². The number of fused-ring (bicyclic) bond motifs is 1. The zero-order valence-corrected chi connectivity index (χ0v) is 25.4. The Hall–Kier alpha value is -2.70. The zero-order chi connectivity index (χ0) is 27.6. The molecule has 0 saturated carbocycles. The number of carbonyl (C=O) groups is 1. The average Bonchev–Trinajstić information content (AvgIpc) is 2.86. The van der Waals surface area contributed by atoms with E-state index >= 15 is 0 Å². The van der Waals surface area contributed by atoms with Crippen LogP contribution in [0.1, 0.15) is 22.8 Å². The van der Waals surface area contributed by atoms with Crippen LogP contribution in [-0.4, -0.2) is 25.5 Å². The average molecular weight is 596 g/mol. The molecular weight excluding hydrogens is 576 g/mol. The summed E-state index contributed by atoms with van der Waals surface area (Å²) in [7, 11) is -4.49. The minimum atomic E-state index is -4.49. The van der Waals surface area contributed by atoms with Crippen molar-refractivity contribution in [3.05, 3.63) is 81.8 Å². The van der Waals surface area contributed by atoms with Gasteiger partial charge >= 0.3 is 29.6 Å². The van der Waals surface area contributed by atoms with Gasteiger partial charge in [-0.2, -0.15) is 13.5 Å². The van der Waals surface area contributed by atoms with E-state index in [1.807, 2.05) is 0 Å². The first kappa shape index (κ1) is 30.8. The van der Waals surface area contributed by atoms with E-state index in [-0.39, 0.29) is 62.0 Å². The third-order valence-electron chi connectivity index (χ3n) is 5.56. The molecule has 0 saturated heterocycles. The Labute approximate surface area is 256 Å². The van der Waals surface area contributed by atoms with E-state index in [4.69, 9.17) is 27.9 Å². The molecule has 9 nitrogen and oxygen atoms in total. The summed E-state index contributed by atoms with van der Waals surface area (Å²) in [4.78, 5) is 12.8. The summed E-state index contributed by atoms with van der Waals surface area (Å²) >= 11 is 12.4. The smallest absolute Gasteiger partial charge is 0.870 e. The monoisotopic (exact) mass is 595 g/mol. The van der Waals surface area contributed by atoms with Gasteiger partial charge in [-0.25, -0.2) is 0 Å². The molecule has 0 aliphatic heterocycles. The molecule has 4 aromatic rings. The van der Waals surface area contributed by atoms with Crippen LogP contribution in [0.3, 0.4) is 0 Å². The van der Waals surface area contributed by atoms with Crippen molar-refractivity contribution < 1.29 is 57.2 Å². The molecule has 1 amide bonds. The van der Waals surface area contributed by atoms with Crippen molar-refractivity contribution in [1.29, 1.82) is 0 Å². The number of benzene rings is 4. The molecule has 0 heterocycles. The Kier molecular flexibility index (Phi) is 10.0. The van der Waals surface area contributed by atoms with Gasteiger partial charge in [-0.1, -0.05) is 53.2 Å². The Morgan fingerprint density at radius 2 is 1.79 bits per heavy atom. The van der Waals surface area contributed by atoms with Gasteiger partial charge in [0.25, 0.3) is 16.0 Å². The first-order chi connectivity index (χ1) is 18.0. The van der Waals surface area contributed by atoms with Gasteiger partial charge in [-0.3, -0.25) is 9.35 Å². The number of halogens is 2. The molecule has 0 aliphatic carbocycles. The molecule has 4 rings (SSSR count). The zero-order valence-electron chi connectivity index (χ0n) is 21.0. The van der Waals surface area contributed by atoms with Crippen LogP contribution in [0.5, 0.6) is 11.5 Å². The number of hydrogen-bond donors (Lipinski definition) is 2. The fourth-order valence-electron chi connectivity index (χ4n) is 3.74. The van der Waals surface area contributed by atoms with Gasteiger partial charge in [0.1, 0.15) is 11.4 Å². The summed E-state index contributed by atoms with van der Waals surface area (Å²) in [6, 6.07) is 15.4. The minimum Gasteiger partial charge on any atom is -0.870 e. The van der Waals surface area contributed by atoms with Crippen LogP contribution < -0.4 is 44.7 Å². The Morgan fingerprint density at radius 1 is 1.08 bits per heavy atom. The molecule has 0 spiro atoms. The number of azo groups is 1. The van der Waals surface area contributed by atoms with E-state index < -0.39 is 21.8 Å². The summed E-state index contributed by atoms with van der Waals surface area (Å²) < 4.78 is 37.9. The summed E-state index contributed by atoms with van der Waals surface area (Å²) in [5, 5.41) is 25.5. The third-order valence-corrected chi connectivity index (χ3v) is 7.35. The van der Waals surface area contributed by atoms with Crippen LogP contribution in [0.4, 0.5) is 17.1 Å². The van der Waals surface area contributed by atoms with Gasteiger partial charge < -0.3 is 15.2 Å². The molecule has 0 radical (unpaired) electrons. The molecule has 0 unspecified atom stereocenters. The molecule has 196 valence electrons. The molecule has 39 heavy (non-hydrogen) atoms. The summed E-state index contributed by atoms with van der Waals surface area (Å²) in [5.74, 6) is -0.964. The van der Waals surface area contributed by atoms with Crippen LogP contribution in [0, 0.1) is 6.92 Å². The number of nitrogens with zero attached hydrogens (tertiary/aromatic N) is 2. The normalized spacial score (nSPS) is 11.4. The molecule has 4 aromatic carbocycles. The second kappa shape index (κ2) is 12.6. The van der Waals surface area contributed by atoms with Crippen molar-refractivity contribution in [2.75, 3.05) is 11.9 Å². The van der Waals surface area contributed by atoms with Gasteiger partial charge in [0, 0.05) is 22.7 Å². The number of anilines is 1. The number of carbonyl (C=O) groups excluding carboxylic acids is 1. The maximum atomic E-state index is 13.4. The van der Waals surface area contributed by atoms with Gasteiger partial charge in [0.15, 0.2) is 0 Å². The van der Waals surface area contributed by atoms with E-state index in [0.29, 0.717) is 33.8 Å². The summed E-state index contributed by atoms with van der Waals surface area (Å²) in [5.41, 5.74) is 0.237. The SMILES string of the molecule is CCOc1cc(NC(=O)c2cc3ccccc3c(N=Nc3ccc(S(=O)(=O)O)c(C)c3Cl)c2[O-])ccc1Cl.[Na+]. The standard InChI is InChI=1S/C26H21Cl2N3O6S.Na/c1-3-37-21-13-16(8-9-19(21)27)29-26(33)18-12-15-6-4-5-7-17(15)24(25(18)32)31-30-20-10-11-22(38(34,35)36)14(2)23(20)28;/h4-13,32H,3H2,1-2H3,(H,29,33)(H,34,35,36);/q;+1/p-1. The fraction of sp³-hybridized carbons (Fsp3) is 0.115. The summed E-state index contributed by atoms with van der Waals surface area (Å²) in [6.45, 7) is 3.58. The Morgan fingerprint density at radius 3 is 2.49 bits per heavy atom. The molecule has 0 aliphatic rings. The number of amides is 1. The van der Waals surface area contributed by atoms with E-state index in [2.05, 4.69) is 15.5 Å². The Bertz CT molecular complexity index is 1710. The number of rotatable bonds is 7. The molecule has 13 heteroatoms. The predicted octanol–water partition coefficient (Wildman–Crippen LogP) is 3.85. The maximum absolute atomic E-state index is 13.4. The van der Waals surface area contributed by atoms with Crippen molar-refractivity contribution in [2.45, 2.75) is 18.7 Å². The molecule has 0 aromatic heterocycles. The fourth-order valence-corrected chi connectivity index (χ4v) is 4.90. The van der Waals surface area contributed by atoms with Crippen LogP contribution in [0.15, 0.2) is 75.8 Å². The quantitative estimate of drug-likeness (QED) is 0.189. The molecule has 2 N–H and O–H groups in total. The predicted molar refractivity (Wildman–Crippen MR) is 144 cm³/mol. The van der Waals surface area contributed by atoms with Gasteiger partial charge in [-0.15, -0.1) is 5.11 Å². The number of hydrogen-bond acceptors (Lipinski definition) is 7. The molecule has 0 bridgehead atoms. The van der Waals surface area contributed by atoms with Crippen molar-refractivity contribution in [1.82, 2.24) is 0 Å². The van der Waals surface area contributed by atoms with Gasteiger partial charge in [-0.05, 0) is 55.1 Å². The third kappa shape index (κ3) is 6.72. The van der Waals surface area contributed by atoms with Crippen molar-refractivity contribution in [3.63, 3.8) is 0 Å². The first-order valence-electron chi connectivity index (χ1n) is 11.2. The van der Waals surface area contributed by atoms with E-state index in [1.54, 1.807) is 49.4 Å². The van der Waals surface area contributed by atoms with E-state index in [1.165, 1.54) is 19.1 Å². The molecule has 0 atom stereocenters. The van der Waals surface area contributed by atoms with E-state index in [9.17, 15) is 22.9 Å². The summed E-state index contributed by atoms with van der Waals surface area (Å²) in [6.07, 6.45) is 0. The van der Waals surface area contributed by atoms with E-state index in [0.717, 1.165) is 6.07 Å². The molecular formula is C26H20Cl2N3NaO6S. The maximum Gasteiger partial charge on any atom is 1.00 e. The van der Waals surface area contributed by atoms with Gasteiger partial charge in [0.05, 0.1) is 27.2 Å². The number of ether oxygens (including phenoxy) is 1. The van der Waals surface area contributed by atoms with Crippen LogP contribution in [-0.2, 0) is 10.1 Å². The molecule has 0 fully saturated rings. The Balaban J connectivity index is 0.00000420. The topological polar surface area (TPSA) is 140 Å². The second-order valence-electron chi connectivity index (χ2n) is 8.05. The van der Waals surface area contributed by atoms with Crippen LogP contribution >= 0.6 is 23.2 Å². The first-order valence-corrected chi connectivity index (χ1v) is 13.4. The van der Waals surface area contributed by atoms with Crippen molar-refractivity contribution in [3.8, 4) is 11.5 Å². The largest absolute Gasteiger partial charge is 1.00 e.